The summed E-state index contributed by atoms with van der Waals surface area (Å²) in [6, 6.07) is 17.4. The van der Waals surface area contributed by atoms with Crippen LogP contribution in [0.5, 0.6) is 0 Å². The summed E-state index contributed by atoms with van der Waals surface area (Å²) >= 11 is 12.3. The van der Waals surface area contributed by atoms with E-state index in [0.29, 0.717) is 117 Å². The molecule has 28 heteroatoms. The first-order chi connectivity index (χ1) is 45.4. The van der Waals surface area contributed by atoms with Crippen molar-refractivity contribution in [2.24, 2.45) is 11.8 Å². The Hall–Kier alpha value is -8.98. The molecule has 0 unspecified atom stereocenters. The molecule has 4 aliphatic heterocycles. The fourth-order valence-corrected chi connectivity index (χ4v) is 12.8. The zero-order valence-corrected chi connectivity index (χ0v) is 52.4. The number of nitrogens with one attached hydrogen (secondary N) is 3. The molecule has 0 saturated carbocycles. The second-order valence-electron chi connectivity index (χ2n) is 23.7. The van der Waals surface area contributed by atoms with Crippen molar-refractivity contribution >= 4 is 87.1 Å². The molecule has 7 aromatic rings. The molecular weight excluding hydrogens is 1290 g/mol. The first kappa shape index (κ1) is 68.9. The van der Waals surface area contributed by atoms with Crippen molar-refractivity contribution in [1.29, 1.82) is 0 Å². The second kappa shape index (κ2) is 30.6. The SMILES string of the molecule is Nc1cc(CN2CCC(C(=O)N3CCC(N(C(=O)c4c(F)cc(F)cc4F)c4ccc(Cl)cc4NC(=O)c4c(F)cc(F)cc4F)CC3)CC2)ccn1.Nc1cc(CN2CCC(C(=O)N3CCC(Nc4ccc(Cl)cc4NC(=O)c4c(F)cc(F)cc4F)CC3)CC2)ccn1. The fourth-order valence-electron chi connectivity index (χ4n) is 12.5. The van der Waals surface area contributed by atoms with Crippen LogP contribution < -0.4 is 32.3 Å². The Kier molecular flexibility index (Phi) is 22.2. The Balaban J connectivity index is 0.000000213. The molecule has 4 aliphatic rings. The average Bonchev–Trinajstić information content (AvgIpc) is 0.824. The molecule has 0 atom stereocenters. The number of benzene rings is 5. The highest BCUT2D eigenvalue weighted by atomic mass is 35.5. The molecule has 0 bridgehead atoms. The maximum absolute atomic E-state index is 15.1. The molecule has 11 rings (SSSR count). The van der Waals surface area contributed by atoms with Crippen LogP contribution in [0.1, 0.15) is 93.6 Å². The Labute approximate surface area is 550 Å². The van der Waals surface area contributed by atoms with Gasteiger partial charge in [-0.1, -0.05) is 23.2 Å². The van der Waals surface area contributed by atoms with Crippen molar-refractivity contribution in [2.75, 3.05) is 84.7 Å². The third-order valence-corrected chi connectivity index (χ3v) is 17.8. The van der Waals surface area contributed by atoms with E-state index in [0.717, 1.165) is 54.6 Å². The number of piperidine rings is 4. The van der Waals surface area contributed by atoms with Crippen LogP contribution in [0.4, 0.5) is 73.9 Å². The van der Waals surface area contributed by atoms with Gasteiger partial charge in [0.1, 0.15) is 80.7 Å². The quantitative estimate of drug-likeness (QED) is 0.0606. The minimum Gasteiger partial charge on any atom is -0.384 e. The third kappa shape index (κ3) is 17.1. The van der Waals surface area contributed by atoms with Crippen molar-refractivity contribution in [2.45, 2.75) is 76.5 Å². The van der Waals surface area contributed by atoms with E-state index in [1.165, 1.54) is 18.2 Å². The molecular formula is C67H65Cl2F9N12O5. The Morgan fingerprint density at radius 3 is 1.28 bits per heavy atom. The molecule has 5 amide bonds. The van der Waals surface area contributed by atoms with Gasteiger partial charge in [-0.25, -0.2) is 49.5 Å². The molecule has 4 fully saturated rings. The van der Waals surface area contributed by atoms with Crippen LogP contribution in [0.2, 0.25) is 10.0 Å². The van der Waals surface area contributed by atoms with E-state index in [4.69, 9.17) is 34.7 Å². The lowest BCUT2D eigenvalue weighted by Crippen LogP contribution is -2.51. The van der Waals surface area contributed by atoms with Crippen molar-refractivity contribution in [3.8, 4) is 0 Å². The van der Waals surface area contributed by atoms with E-state index >= 15 is 8.78 Å². The van der Waals surface area contributed by atoms with Crippen molar-refractivity contribution < 1.29 is 63.5 Å². The van der Waals surface area contributed by atoms with Gasteiger partial charge in [0.15, 0.2) is 0 Å². The van der Waals surface area contributed by atoms with Crippen LogP contribution in [0.25, 0.3) is 0 Å². The van der Waals surface area contributed by atoms with Crippen LogP contribution in [-0.4, -0.2) is 124 Å². The van der Waals surface area contributed by atoms with Gasteiger partial charge in [-0.15, -0.1) is 0 Å². The smallest absolute Gasteiger partial charge is 0.264 e. The predicted octanol–water partition coefficient (Wildman–Crippen LogP) is 12.3. The van der Waals surface area contributed by atoms with E-state index in [-0.39, 0.29) is 77.7 Å². The third-order valence-electron chi connectivity index (χ3n) is 17.3. The van der Waals surface area contributed by atoms with Crippen LogP contribution in [0, 0.1) is 64.2 Å². The van der Waals surface area contributed by atoms with Gasteiger partial charge in [0, 0.05) is 122 Å². The maximum Gasteiger partial charge on any atom is 0.264 e. The monoisotopic (exact) mass is 1360 g/mol. The molecule has 4 saturated heterocycles. The van der Waals surface area contributed by atoms with Gasteiger partial charge in [0.05, 0.1) is 22.7 Å². The predicted molar refractivity (Wildman–Crippen MR) is 341 cm³/mol. The number of carbonyl (C=O) groups excluding carboxylic acids is 5. The first-order valence-electron chi connectivity index (χ1n) is 30.6. The van der Waals surface area contributed by atoms with Gasteiger partial charge in [-0.3, -0.25) is 33.8 Å². The molecule has 6 heterocycles. The normalized spacial score (nSPS) is 16.2. The lowest BCUT2D eigenvalue weighted by atomic mass is 9.93. The highest BCUT2D eigenvalue weighted by Gasteiger charge is 2.38. The zero-order valence-electron chi connectivity index (χ0n) is 50.9. The molecule has 0 aliphatic carbocycles. The summed E-state index contributed by atoms with van der Waals surface area (Å²) in [7, 11) is 0. The Bertz CT molecular complexity index is 3950. The topological polar surface area (TPSA) is 215 Å². The van der Waals surface area contributed by atoms with E-state index in [1.54, 1.807) is 35.5 Å². The van der Waals surface area contributed by atoms with E-state index < -0.39 is 92.8 Å². The number of hydrogen-bond donors (Lipinski definition) is 5. The van der Waals surface area contributed by atoms with Crippen molar-refractivity contribution in [3.05, 3.63) is 200 Å². The van der Waals surface area contributed by atoms with Gasteiger partial charge in [-0.05, 0) is 149 Å². The van der Waals surface area contributed by atoms with Gasteiger partial charge < -0.3 is 42.1 Å². The maximum atomic E-state index is 15.1. The number of aromatic nitrogens is 2. The molecule has 7 N–H and O–H groups in total. The number of rotatable bonds is 15. The van der Waals surface area contributed by atoms with E-state index in [1.807, 2.05) is 23.1 Å². The summed E-state index contributed by atoms with van der Waals surface area (Å²) in [5.41, 5.74) is 10.9. The first-order valence-corrected chi connectivity index (χ1v) is 31.4. The number of carbonyl (C=O) groups is 5. The highest BCUT2D eigenvalue weighted by Crippen LogP contribution is 2.38. The van der Waals surface area contributed by atoms with Crippen LogP contribution in [0.3, 0.4) is 0 Å². The molecule has 0 radical (unpaired) electrons. The average molecular weight is 1360 g/mol. The number of likely N-dealkylation sites (tertiary alicyclic amines) is 4. The zero-order chi connectivity index (χ0) is 67.8. The number of nitrogens with zero attached hydrogens (tertiary/aromatic N) is 7. The van der Waals surface area contributed by atoms with Gasteiger partial charge in [-0.2, -0.15) is 0 Å². The van der Waals surface area contributed by atoms with Gasteiger partial charge in [0.25, 0.3) is 17.7 Å². The Morgan fingerprint density at radius 2 is 0.853 bits per heavy atom. The number of amides is 5. The fraction of sp³-hybridized carbons (Fsp3) is 0.328. The summed E-state index contributed by atoms with van der Waals surface area (Å²) in [5.74, 6) is -15.1. The number of halogens is 11. The molecule has 0 spiro atoms. The number of hydrogen-bond acceptors (Lipinski definition) is 12. The molecule has 95 heavy (non-hydrogen) atoms. The second-order valence-corrected chi connectivity index (χ2v) is 24.6. The summed E-state index contributed by atoms with van der Waals surface area (Å²) < 4.78 is 128. The van der Waals surface area contributed by atoms with Gasteiger partial charge >= 0.3 is 0 Å². The van der Waals surface area contributed by atoms with Crippen LogP contribution in [-0.2, 0) is 22.7 Å². The summed E-state index contributed by atoms with van der Waals surface area (Å²) in [6.07, 6.45) is 7.83. The largest absolute Gasteiger partial charge is 0.384 e. The molecule has 17 nitrogen and oxygen atoms in total. The summed E-state index contributed by atoms with van der Waals surface area (Å²) in [4.78, 5) is 84.0. The van der Waals surface area contributed by atoms with Crippen LogP contribution in [0.15, 0.2) is 109 Å². The summed E-state index contributed by atoms with van der Waals surface area (Å²) in [6.45, 7) is 6.01. The number of nitrogen functional groups attached to an aromatic ring is 2. The van der Waals surface area contributed by atoms with Crippen LogP contribution >= 0.6 is 23.2 Å². The Morgan fingerprint density at radius 1 is 0.463 bits per heavy atom. The molecule has 2 aromatic heterocycles. The number of pyridine rings is 2. The minimum atomic E-state index is -1.51. The van der Waals surface area contributed by atoms with Gasteiger partial charge in [0.2, 0.25) is 11.8 Å². The lowest BCUT2D eigenvalue weighted by molar-refractivity contribution is -0.138. The summed E-state index contributed by atoms with van der Waals surface area (Å²) in [5, 5.41) is 8.45. The number of anilines is 6. The van der Waals surface area contributed by atoms with Crippen molar-refractivity contribution in [3.63, 3.8) is 0 Å². The van der Waals surface area contributed by atoms with E-state index in [9.17, 15) is 54.7 Å². The lowest BCUT2D eigenvalue weighted by Gasteiger charge is -2.41. The highest BCUT2D eigenvalue weighted by molar-refractivity contribution is 6.31. The van der Waals surface area contributed by atoms with E-state index in [2.05, 4.69) is 35.7 Å². The van der Waals surface area contributed by atoms with Crippen molar-refractivity contribution in [1.82, 2.24) is 29.6 Å². The molecule has 5 aromatic carbocycles. The standard InChI is InChI=1S/C37H33ClF6N6O3.C30H32ClF3N6O2/c38-22-1-2-31(30(14-22)47-35(51)33-26(41)15-23(39)16-27(33)42)50(37(53)34-28(43)17-24(40)18-29(34)44)25-6-11-49(12-7-25)36(52)21-4-9-48(10-5-21)19-20-3-8-46-32(45)13-20;31-20-1-2-25(26(14-20)38-29(41)28-23(33)15-21(32)16-24(28)34)37-22-6-11-40(12-7-22)30(42)19-4-9-39(10-5-19)17-18-3-8-36-27(35)13-18/h1-3,8,13-18,21,25H,4-7,9-12,19H2,(H2,45,46)(H,47,51);1-3,8,13-16,19,22,37H,4-7,9-12,17H2,(H2,35,36)(H,38,41). The minimum absolute atomic E-state index is 0.000170. The number of nitrogens with two attached hydrogens (primary N) is 2. The molecule has 500 valence electrons.